The van der Waals surface area contributed by atoms with Crippen LogP contribution >= 0.6 is 0 Å². The molecule has 0 unspecified atom stereocenters. The van der Waals surface area contributed by atoms with Crippen molar-refractivity contribution in [2.24, 2.45) is 5.73 Å². The monoisotopic (exact) mass is 276 g/mol. The maximum absolute atomic E-state index is 11.8. The Morgan fingerprint density at radius 1 is 1.40 bits per heavy atom. The Morgan fingerprint density at radius 3 is 2.85 bits per heavy atom. The van der Waals surface area contributed by atoms with Gasteiger partial charge in [0.1, 0.15) is 6.04 Å². The molecular formula is C15H20N2O3. The van der Waals surface area contributed by atoms with E-state index in [0.717, 1.165) is 18.5 Å². The number of methoxy groups -OCH3 is 1. The lowest BCUT2D eigenvalue weighted by molar-refractivity contribution is -0.140. The third-order valence-corrected chi connectivity index (χ3v) is 3.71. The standard InChI is InChI=1S/C15H20N2O3/c1-20-13(18)7-4-9-17-10-8-11-5-2-3-6-12(11)14(17)15(16)19/h2-3,5-6,14H,4,7-10H2,1H3,(H2,16,19)/t14-/m0/s1. The summed E-state index contributed by atoms with van der Waals surface area (Å²) in [6.07, 6.45) is 1.93. The van der Waals surface area contributed by atoms with Crippen LogP contribution in [-0.4, -0.2) is 37.0 Å². The molecule has 5 nitrogen and oxygen atoms in total. The number of hydrogen-bond donors (Lipinski definition) is 1. The summed E-state index contributed by atoms with van der Waals surface area (Å²) in [6, 6.07) is 7.50. The van der Waals surface area contributed by atoms with Gasteiger partial charge in [-0.2, -0.15) is 0 Å². The number of amides is 1. The maximum atomic E-state index is 11.8. The number of fused-ring (bicyclic) bond motifs is 1. The zero-order valence-corrected chi connectivity index (χ0v) is 11.7. The lowest BCUT2D eigenvalue weighted by Gasteiger charge is -2.35. The van der Waals surface area contributed by atoms with Gasteiger partial charge in [-0.3, -0.25) is 14.5 Å². The molecule has 0 radical (unpaired) electrons. The summed E-state index contributed by atoms with van der Waals surface area (Å²) in [5.41, 5.74) is 7.73. The molecule has 0 aromatic heterocycles. The van der Waals surface area contributed by atoms with E-state index in [1.165, 1.54) is 12.7 Å². The van der Waals surface area contributed by atoms with Gasteiger partial charge in [0.15, 0.2) is 0 Å². The van der Waals surface area contributed by atoms with Gasteiger partial charge in [0.25, 0.3) is 0 Å². The smallest absolute Gasteiger partial charge is 0.305 e. The zero-order chi connectivity index (χ0) is 14.5. The predicted molar refractivity (Wildman–Crippen MR) is 74.9 cm³/mol. The van der Waals surface area contributed by atoms with E-state index in [0.29, 0.717) is 19.4 Å². The quantitative estimate of drug-likeness (QED) is 0.815. The Hall–Kier alpha value is -1.88. The van der Waals surface area contributed by atoms with Gasteiger partial charge in [0.05, 0.1) is 7.11 Å². The minimum atomic E-state index is -0.391. The molecule has 108 valence electrons. The van der Waals surface area contributed by atoms with Gasteiger partial charge in [0, 0.05) is 13.0 Å². The van der Waals surface area contributed by atoms with Crippen LogP contribution in [-0.2, 0) is 20.7 Å². The molecule has 0 spiro atoms. The van der Waals surface area contributed by atoms with Gasteiger partial charge in [-0.05, 0) is 30.5 Å². The van der Waals surface area contributed by atoms with E-state index < -0.39 is 6.04 Å². The van der Waals surface area contributed by atoms with Crippen LogP contribution in [0.5, 0.6) is 0 Å². The largest absolute Gasteiger partial charge is 0.469 e. The first-order valence-corrected chi connectivity index (χ1v) is 6.81. The molecule has 1 aromatic carbocycles. The number of carbonyl (C=O) groups is 2. The van der Waals surface area contributed by atoms with E-state index in [-0.39, 0.29) is 11.9 Å². The Bertz CT molecular complexity index is 502. The van der Waals surface area contributed by atoms with E-state index in [1.807, 2.05) is 29.2 Å². The molecule has 2 rings (SSSR count). The molecule has 0 bridgehead atoms. The van der Waals surface area contributed by atoms with Crippen LogP contribution < -0.4 is 5.73 Å². The fourth-order valence-corrected chi connectivity index (χ4v) is 2.72. The van der Waals surface area contributed by atoms with Crippen molar-refractivity contribution in [3.63, 3.8) is 0 Å². The molecular weight excluding hydrogens is 256 g/mol. The van der Waals surface area contributed by atoms with Gasteiger partial charge in [0.2, 0.25) is 5.91 Å². The molecule has 1 heterocycles. The molecule has 1 amide bonds. The zero-order valence-electron chi connectivity index (χ0n) is 11.7. The summed E-state index contributed by atoms with van der Waals surface area (Å²) in [7, 11) is 1.38. The molecule has 0 aliphatic carbocycles. The number of nitrogens with zero attached hydrogens (tertiary/aromatic N) is 1. The van der Waals surface area contributed by atoms with Crippen LogP contribution in [0.2, 0.25) is 0 Å². The lowest BCUT2D eigenvalue weighted by atomic mass is 9.92. The van der Waals surface area contributed by atoms with E-state index in [1.54, 1.807) is 0 Å². The molecule has 0 fully saturated rings. The number of nitrogens with two attached hydrogens (primary N) is 1. The topological polar surface area (TPSA) is 72.6 Å². The molecule has 1 atom stereocenters. The van der Waals surface area contributed by atoms with Crippen molar-refractivity contribution < 1.29 is 14.3 Å². The number of benzene rings is 1. The Balaban J connectivity index is 2.07. The van der Waals surface area contributed by atoms with Gasteiger partial charge < -0.3 is 10.5 Å². The van der Waals surface area contributed by atoms with Crippen molar-refractivity contribution in [2.45, 2.75) is 25.3 Å². The molecule has 1 aliphatic heterocycles. The van der Waals surface area contributed by atoms with Crippen LogP contribution in [0.15, 0.2) is 24.3 Å². The highest BCUT2D eigenvalue weighted by atomic mass is 16.5. The Labute approximate surface area is 118 Å². The first kappa shape index (κ1) is 14.5. The van der Waals surface area contributed by atoms with E-state index in [9.17, 15) is 9.59 Å². The molecule has 2 N–H and O–H groups in total. The highest BCUT2D eigenvalue weighted by Crippen LogP contribution is 2.29. The average molecular weight is 276 g/mol. The van der Waals surface area contributed by atoms with Crippen LogP contribution in [0, 0.1) is 0 Å². The number of ether oxygens (including phenoxy) is 1. The predicted octanol–water partition coefficient (Wildman–Crippen LogP) is 1.02. The molecule has 0 saturated carbocycles. The third-order valence-electron chi connectivity index (χ3n) is 3.71. The van der Waals surface area contributed by atoms with Crippen LogP contribution in [0.25, 0.3) is 0 Å². The summed E-state index contributed by atoms with van der Waals surface area (Å²) >= 11 is 0. The molecule has 20 heavy (non-hydrogen) atoms. The van der Waals surface area contributed by atoms with Gasteiger partial charge >= 0.3 is 5.97 Å². The highest BCUT2D eigenvalue weighted by molar-refractivity contribution is 5.82. The molecule has 5 heteroatoms. The second kappa shape index (κ2) is 6.52. The number of rotatable bonds is 5. The highest BCUT2D eigenvalue weighted by Gasteiger charge is 2.30. The number of hydrogen-bond acceptors (Lipinski definition) is 4. The number of primary amides is 1. The van der Waals surface area contributed by atoms with Crippen LogP contribution in [0.4, 0.5) is 0 Å². The third kappa shape index (κ3) is 3.17. The van der Waals surface area contributed by atoms with Crippen molar-refractivity contribution >= 4 is 11.9 Å². The minimum Gasteiger partial charge on any atom is -0.469 e. The van der Waals surface area contributed by atoms with Gasteiger partial charge in [-0.1, -0.05) is 24.3 Å². The molecule has 0 saturated heterocycles. The van der Waals surface area contributed by atoms with Crippen molar-refractivity contribution in [3.05, 3.63) is 35.4 Å². The van der Waals surface area contributed by atoms with E-state index in [2.05, 4.69) is 4.74 Å². The normalized spacial score (nSPS) is 18.4. The minimum absolute atomic E-state index is 0.224. The summed E-state index contributed by atoms with van der Waals surface area (Å²) in [5.74, 6) is -0.562. The Kier molecular flexibility index (Phi) is 4.74. The van der Waals surface area contributed by atoms with Crippen LogP contribution in [0.1, 0.15) is 30.0 Å². The van der Waals surface area contributed by atoms with E-state index in [4.69, 9.17) is 5.73 Å². The number of esters is 1. The fourth-order valence-electron chi connectivity index (χ4n) is 2.72. The maximum Gasteiger partial charge on any atom is 0.305 e. The van der Waals surface area contributed by atoms with Crippen molar-refractivity contribution in [1.29, 1.82) is 0 Å². The second-order valence-electron chi connectivity index (χ2n) is 4.97. The van der Waals surface area contributed by atoms with Gasteiger partial charge in [-0.15, -0.1) is 0 Å². The summed E-state index contributed by atoms with van der Waals surface area (Å²) in [6.45, 7) is 1.45. The second-order valence-corrected chi connectivity index (χ2v) is 4.97. The van der Waals surface area contributed by atoms with E-state index >= 15 is 0 Å². The van der Waals surface area contributed by atoms with Crippen molar-refractivity contribution in [1.82, 2.24) is 4.90 Å². The average Bonchev–Trinajstić information content (AvgIpc) is 2.46. The van der Waals surface area contributed by atoms with Crippen molar-refractivity contribution in [3.8, 4) is 0 Å². The summed E-state index contributed by atoms with van der Waals surface area (Å²) in [4.78, 5) is 25.0. The summed E-state index contributed by atoms with van der Waals surface area (Å²) in [5, 5.41) is 0. The van der Waals surface area contributed by atoms with Crippen molar-refractivity contribution in [2.75, 3.05) is 20.2 Å². The lowest BCUT2D eigenvalue weighted by Crippen LogP contribution is -2.43. The first-order valence-electron chi connectivity index (χ1n) is 6.81. The summed E-state index contributed by atoms with van der Waals surface area (Å²) < 4.78 is 4.62. The van der Waals surface area contributed by atoms with Crippen LogP contribution in [0.3, 0.4) is 0 Å². The number of carbonyl (C=O) groups excluding carboxylic acids is 2. The first-order chi connectivity index (χ1) is 9.63. The SMILES string of the molecule is COC(=O)CCCN1CCc2ccccc2[C@H]1C(N)=O. The van der Waals surface area contributed by atoms with Gasteiger partial charge in [-0.25, -0.2) is 0 Å². The Morgan fingerprint density at radius 2 is 2.15 bits per heavy atom. The molecule has 1 aromatic rings. The molecule has 1 aliphatic rings. The fraction of sp³-hybridized carbons (Fsp3) is 0.467.